The smallest absolute Gasteiger partial charge is 0.339 e. The van der Waals surface area contributed by atoms with Crippen LogP contribution in [0.5, 0.6) is 11.5 Å². The number of carbonyl (C=O) groups excluding carboxylic acids is 3. The van der Waals surface area contributed by atoms with Gasteiger partial charge in [-0.05, 0) is 55.7 Å². The monoisotopic (exact) mass is 462 g/mol. The number of carbonyl (C=O) groups is 3. The van der Waals surface area contributed by atoms with E-state index in [1.165, 1.54) is 50.4 Å². The number of ether oxygens (including phenoxy) is 3. The first-order chi connectivity index (χ1) is 15.1. The summed E-state index contributed by atoms with van der Waals surface area (Å²) >= 11 is 6.29. The van der Waals surface area contributed by atoms with Gasteiger partial charge in [-0.3, -0.25) is 9.59 Å². The van der Waals surface area contributed by atoms with Gasteiger partial charge in [-0.1, -0.05) is 25.4 Å². The van der Waals surface area contributed by atoms with Crippen molar-refractivity contribution in [1.82, 2.24) is 0 Å². The molecule has 2 aromatic rings. The largest absolute Gasteiger partial charge is 0.493 e. The van der Waals surface area contributed by atoms with Gasteiger partial charge in [-0.15, -0.1) is 0 Å². The molecule has 0 bridgehead atoms. The summed E-state index contributed by atoms with van der Waals surface area (Å²) in [4.78, 5) is 36.0. The first-order valence-corrected chi connectivity index (χ1v) is 10.4. The number of amides is 2. The lowest BCUT2D eigenvalue weighted by Crippen LogP contribution is -2.30. The van der Waals surface area contributed by atoms with Crippen LogP contribution < -0.4 is 20.5 Å². The summed E-state index contributed by atoms with van der Waals surface area (Å²) in [5.74, 6) is -0.766. The molecule has 8 nitrogen and oxygen atoms in total. The van der Waals surface area contributed by atoms with Crippen molar-refractivity contribution in [3.8, 4) is 11.5 Å². The molecule has 172 valence electrons. The Balaban J connectivity index is 2.04. The molecule has 2 aromatic carbocycles. The van der Waals surface area contributed by atoms with Gasteiger partial charge in [-0.2, -0.15) is 0 Å². The highest BCUT2D eigenvalue weighted by molar-refractivity contribution is 6.32. The maximum absolute atomic E-state index is 12.6. The molecule has 32 heavy (non-hydrogen) atoms. The number of methoxy groups -OCH3 is 1. The molecule has 0 radical (unpaired) electrons. The Morgan fingerprint density at radius 1 is 1.06 bits per heavy atom. The predicted octanol–water partition coefficient (Wildman–Crippen LogP) is 4.06. The highest BCUT2D eigenvalue weighted by Crippen LogP contribution is 2.37. The van der Waals surface area contributed by atoms with Crippen LogP contribution in [-0.4, -0.2) is 37.6 Å². The molecule has 0 saturated carbocycles. The van der Waals surface area contributed by atoms with E-state index in [1.54, 1.807) is 0 Å². The van der Waals surface area contributed by atoms with Crippen molar-refractivity contribution in [2.24, 2.45) is 11.7 Å². The van der Waals surface area contributed by atoms with Crippen molar-refractivity contribution in [2.45, 2.75) is 33.3 Å². The third kappa shape index (κ3) is 6.88. The van der Waals surface area contributed by atoms with Gasteiger partial charge in [0.1, 0.15) is 0 Å². The van der Waals surface area contributed by atoms with Gasteiger partial charge < -0.3 is 25.3 Å². The van der Waals surface area contributed by atoms with Crippen molar-refractivity contribution in [3.05, 3.63) is 52.5 Å². The van der Waals surface area contributed by atoms with E-state index in [9.17, 15) is 14.4 Å². The van der Waals surface area contributed by atoms with Crippen LogP contribution >= 0.6 is 11.6 Å². The second kappa shape index (κ2) is 11.4. The van der Waals surface area contributed by atoms with E-state index >= 15 is 0 Å². The predicted molar refractivity (Wildman–Crippen MR) is 121 cm³/mol. The highest BCUT2D eigenvalue weighted by atomic mass is 35.5. The van der Waals surface area contributed by atoms with Crippen LogP contribution in [0.2, 0.25) is 5.02 Å². The highest BCUT2D eigenvalue weighted by Gasteiger charge is 2.22. The van der Waals surface area contributed by atoms with Gasteiger partial charge in [-0.25, -0.2) is 4.79 Å². The molecule has 0 fully saturated rings. The number of hydrogen-bond donors (Lipinski definition) is 2. The van der Waals surface area contributed by atoms with E-state index in [4.69, 9.17) is 31.5 Å². The first kappa shape index (κ1) is 25.0. The van der Waals surface area contributed by atoms with Gasteiger partial charge in [0.25, 0.3) is 5.91 Å². The van der Waals surface area contributed by atoms with Crippen LogP contribution in [0.25, 0.3) is 0 Å². The van der Waals surface area contributed by atoms with Crippen LogP contribution in [0, 0.1) is 5.92 Å². The van der Waals surface area contributed by atoms with Crippen molar-refractivity contribution in [2.75, 3.05) is 19.0 Å². The molecule has 2 rings (SSSR count). The molecule has 0 aromatic heterocycles. The van der Waals surface area contributed by atoms with E-state index in [0.29, 0.717) is 35.3 Å². The Bertz CT molecular complexity index is 975. The van der Waals surface area contributed by atoms with Crippen LogP contribution in [0.15, 0.2) is 36.4 Å². The zero-order valence-electron chi connectivity index (χ0n) is 18.4. The maximum Gasteiger partial charge on any atom is 0.339 e. The summed E-state index contributed by atoms with van der Waals surface area (Å²) in [6.07, 6.45) is -0.258. The number of benzene rings is 2. The number of halogens is 1. The topological polar surface area (TPSA) is 117 Å². The van der Waals surface area contributed by atoms with Crippen LogP contribution in [-0.2, 0) is 9.53 Å². The third-order valence-electron chi connectivity index (χ3n) is 4.50. The van der Waals surface area contributed by atoms with Crippen molar-refractivity contribution in [1.29, 1.82) is 0 Å². The fraction of sp³-hybridized carbons (Fsp3) is 0.348. The first-order valence-electron chi connectivity index (χ1n) is 10.0. The maximum atomic E-state index is 12.6. The van der Waals surface area contributed by atoms with E-state index in [1.807, 2.05) is 0 Å². The third-order valence-corrected chi connectivity index (χ3v) is 4.78. The minimum atomic E-state index is -1.09. The standard InChI is InChI=1S/C23H27ClN2O6/c1-13(2)9-10-31-20-18(24)11-16(12-19(20)30-4)23(29)32-14(3)22(28)26-17-7-5-15(6-8-17)21(25)27/h5-8,11-14H,9-10H2,1-4H3,(H2,25,27)(H,26,28). The molecule has 2 amide bonds. The van der Waals surface area contributed by atoms with Crippen LogP contribution in [0.3, 0.4) is 0 Å². The number of anilines is 1. The molecule has 3 N–H and O–H groups in total. The Hall–Kier alpha value is -3.26. The fourth-order valence-electron chi connectivity index (χ4n) is 2.62. The number of hydrogen-bond acceptors (Lipinski definition) is 6. The molecule has 0 aliphatic heterocycles. The van der Waals surface area contributed by atoms with Crippen molar-refractivity contribution >= 4 is 35.1 Å². The lowest BCUT2D eigenvalue weighted by molar-refractivity contribution is -0.123. The van der Waals surface area contributed by atoms with E-state index in [-0.39, 0.29) is 10.6 Å². The number of nitrogens with one attached hydrogen (secondary N) is 1. The van der Waals surface area contributed by atoms with Gasteiger partial charge in [0, 0.05) is 11.3 Å². The zero-order chi connectivity index (χ0) is 23.8. The number of esters is 1. The average molecular weight is 463 g/mol. The molecule has 0 aliphatic rings. The van der Waals surface area contributed by atoms with Gasteiger partial charge in [0.2, 0.25) is 5.91 Å². The summed E-state index contributed by atoms with van der Waals surface area (Å²) in [5.41, 5.74) is 6.05. The number of primary amides is 1. The van der Waals surface area contributed by atoms with Crippen LogP contribution in [0.4, 0.5) is 5.69 Å². The normalized spacial score (nSPS) is 11.6. The summed E-state index contributed by atoms with van der Waals surface area (Å²) in [7, 11) is 1.44. The molecule has 1 unspecified atom stereocenters. The Kier molecular flexibility index (Phi) is 8.90. The Morgan fingerprint density at radius 2 is 1.72 bits per heavy atom. The molecule has 0 heterocycles. The fourth-order valence-corrected chi connectivity index (χ4v) is 2.88. The van der Waals surface area contributed by atoms with E-state index in [2.05, 4.69) is 19.2 Å². The molecule has 0 spiro atoms. The number of nitrogens with two attached hydrogens (primary N) is 1. The molecule has 1 atom stereocenters. The lowest BCUT2D eigenvalue weighted by atomic mass is 10.1. The SMILES string of the molecule is COc1cc(C(=O)OC(C)C(=O)Nc2ccc(C(N)=O)cc2)cc(Cl)c1OCCC(C)C. The van der Waals surface area contributed by atoms with Gasteiger partial charge >= 0.3 is 5.97 Å². The van der Waals surface area contributed by atoms with Gasteiger partial charge in [0.15, 0.2) is 17.6 Å². The number of rotatable bonds is 10. The summed E-state index contributed by atoms with van der Waals surface area (Å²) in [6.45, 7) is 6.05. The quantitative estimate of drug-likeness (QED) is 0.514. The minimum Gasteiger partial charge on any atom is -0.493 e. The van der Waals surface area contributed by atoms with E-state index in [0.717, 1.165) is 6.42 Å². The second-order valence-electron chi connectivity index (χ2n) is 7.50. The zero-order valence-corrected chi connectivity index (χ0v) is 19.2. The summed E-state index contributed by atoms with van der Waals surface area (Å²) in [5, 5.41) is 2.80. The molecule has 0 aliphatic carbocycles. The van der Waals surface area contributed by atoms with E-state index < -0.39 is 23.9 Å². The van der Waals surface area contributed by atoms with Crippen LogP contribution in [0.1, 0.15) is 47.9 Å². The second-order valence-corrected chi connectivity index (χ2v) is 7.91. The van der Waals surface area contributed by atoms with Gasteiger partial charge in [0.05, 0.1) is 24.3 Å². The molecular weight excluding hydrogens is 436 g/mol. The molecular formula is C23H27ClN2O6. The lowest BCUT2D eigenvalue weighted by Gasteiger charge is -2.16. The van der Waals surface area contributed by atoms with Crippen molar-refractivity contribution in [3.63, 3.8) is 0 Å². The molecule has 0 saturated heterocycles. The molecule has 9 heteroatoms. The minimum absolute atomic E-state index is 0.119. The van der Waals surface area contributed by atoms with Crippen molar-refractivity contribution < 1.29 is 28.6 Å². The summed E-state index contributed by atoms with van der Waals surface area (Å²) in [6, 6.07) is 8.86. The Morgan fingerprint density at radius 3 is 2.28 bits per heavy atom. The summed E-state index contributed by atoms with van der Waals surface area (Å²) < 4.78 is 16.3. The average Bonchev–Trinajstić information content (AvgIpc) is 2.74. The Labute approximate surface area is 192 Å².